The van der Waals surface area contributed by atoms with Gasteiger partial charge in [-0.1, -0.05) is 13.8 Å². The molecule has 0 spiro atoms. The van der Waals surface area contributed by atoms with Crippen molar-refractivity contribution in [3.63, 3.8) is 0 Å². The van der Waals surface area contributed by atoms with E-state index in [1.165, 1.54) is 0 Å². The number of hydrogen-bond donors (Lipinski definition) is 1. The Balaban J connectivity index is 0. The van der Waals surface area contributed by atoms with Crippen LogP contribution in [0.1, 0.15) is 47.5 Å². The van der Waals surface area contributed by atoms with Crippen LogP contribution in [0.25, 0.3) is 0 Å². The molecule has 5 unspecified atom stereocenters. The summed E-state index contributed by atoms with van der Waals surface area (Å²) in [6, 6.07) is 0.944. The number of ether oxygens (including phenoxy) is 1. The predicted octanol–water partition coefficient (Wildman–Crippen LogP) is 1.96. The number of nitrogens with zero attached hydrogens (tertiary/aromatic N) is 3. The molecule has 1 aliphatic heterocycles. The number of hydrogen-bond acceptors (Lipinski definition) is 6. The smallest absolute Gasteiger partial charge is 0.149 e. The fourth-order valence-corrected chi connectivity index (χ4v) is 1.94. The Morgan fingerprint density at radius 1 is 1.00 bits per heavy atom. The first kappa shape index (κ1) is 27.7. The standard InChI is InChI=1S/C7H17NO.C7H15NO.C6H13NO/c2*1-5-7(9)6(2)8(3)4;1-5(7(2)3)6-4-8-6/h6-7,9H,5H2,1-4H3;6H,5H2,1-4H3;5-6H,4H2,1-3H3. The van der Waals surface area contributed by atoms with Crippen molar-refractivity contribution in [3.05, 3.63) is 0 Å². The van der Waals surface area contributed by atoms with E-state index in [-0.39, 0.29) is 18.2 Å². The van der Waals surface area contributed by atoms with Crippen LogP contribution in [0.15, 0.2) is 0 Å². The van der Waals surface area contributed by atoms with Crippen molar-refractivity contribution in [2.45, 2.75) is 77.8 Å². The summed E-state index contributed by atoms with van der Waals surface area (Å²) in [7, 11) is 11.9. The van der Waals surface area contributed by atoms with Gasteiger partial charge >= 0.3 is 0 Å². The molecule has 1 rings (SSSR count). The number of aliphatic hydroxyl groups is 1. The lowest BCUT2D eigenvalue weighted by Gasteiger charge is -2.23. The first-order chi connectivity index (χ1) is 11.9. The third-order valence-electron chi connectivity index (χ3n) is 5.09. The van der Waals surface area contributed by atoms with Crippen molar-refractivity contribution in [1.82, 2.24) is 14.7 Å². The summed E-state index contributed by atoms with van der Waals surface area (Å²) in [6.45, 7) is 11.0. The lowest BCUT2D eigenvalue weighted by atomic mass is 10.1. The van der Waals surface area contributed by atoms with Crippen LogP contribution in [0.4, 0.5) is 0 Å². The Kier molecular flexibility index (Phi) is 15.5. The highest BCUT2D eigenvalue weighted by atomic mass is 16.6. The Labute approximate surface area is 162 Å². The van der Waals surface area contributed by atoms with Crippen LogP contribution in [0.5, 0.6) is 0 Å². The van der Waals surface area contributed by atoms with Gasteiger partial charge in [0.05, 0.1) is 24.9 Å². The highest BCUT2D eigenvalue weighted by Gasteiger charge is 2.30. The Bertz CT molecular complexity index is 356. The fraction of sp³-hybridized carbons (Fsp3) is 0.950. The zero-order chi connectivity index (χ0) is 21.0. The van der Waals surface area contributed by atoms with Crippen LogP contribution < -0.4 is 0 Å². The van der Waals surface area contributed by atoms with E-state index in [0.717, 1.165) is 13.0 Å². The molecule has 5 atom stereocenters. The minimum atomic E-state index is -0.181. The second kappa shape index (κ2) is 14.5. The van der Waals surface area contributed by atoms with E-state index in [1.807, 2.05) is 65.7 Å². The quantitative estimate of drug-likeness (QED) is 0.655. The molecule has 0 radical (unpaired) electrons. The van der Waals surface area contributed by atoms with Crippen molar-refractivity contribution in [2.75, 3.05) is 48.9 Å². The van der Waals surface area contributed by atoms with E-state index in [2.05, 4.69) is 25.9 Å². The van der Waals surface area contributed by atoms with Crippen molar-refractivity contribution in [2.24, 2.45) is 0 Å². The van der Waals surface area contributed by atoms with E-state index in [4.69, 9.17) is 4.74 Å². The van der Waals surface area contributed by atoms with Gasteiger partial charge in [0.25, 0.3) is 0 Å². The molecule has 158 valence electrons. The molecular weight excluding hydrogens is 330 g/mol. The van der Waals surface area contributed by atoms with Crippen molar-refractivity contribution in [3.8, 4) is 0 Å². The van der Waals surface area contributed by atoms with E-state index in [1.54, 1.807) is 0 Å². The van der Waals surface area contributed by atoms with E-state index >= 15 is 0 Å². The molecule has 0 aromatic heterocycles. The topological polar surface area (TPSA) is 59.6 Å². The molecule has 1 heterocycles. The van der Waals surface area contributed by atoms with Crippen molar-refractivity contribution < 1.29 is 14.6 Å². The lowest BCUT2D eigenvalue weighted by molar-refractivity contribution is -0.122. The molecule has 1 fully saturated rings. The van der Waals surface area contributed by atoms with Gasteiger partial charge in [0, 0.05) is 18.5 Å². The van der Waals surface area contributed by atoms with Crippen molar-refractivity contribution >= 4 is 5.78 Å². The molecule has 1 N–H and O–H groups in total. The van der Waals surface area contributed by atoms with Crippen LogP contribution >= 0.6 is 0 Å². The van der Waals surface area contributed by atoms with E-state index in [0.29, 0.717) is 24.3 Å². The molecule has 0 bridgehead atoms. The summed E-state index contributed by atoms with van der Waals surface area (Å²) in [5.74, 6) is 0.306. The molecular formula is C20H45N3O3. The van der Waals surface area contributed by atoms with Gasteiger partial charge in [-0.05, 0) is 69.5 Å². The molecule has 26 heavy (non-hydrogen) atoms. The van der Waals surface area contributed by atoms with Crippen LogP contribution in [-0.4, -0.2) is 105 Å². The lowest BCUT2D eigenvalue weighted by Crippen LogP contribution is -2.35. The normalized spacial score (nSPS) is 20.5. The summed E-state index contributed by atoms with van der Waals surface area (Å²) >= 11 is 0. The van der Waals surface area contributed by atoms with Gasteiger partial charge in [-0.15, -0.1) is 0 Å². The Morgan fingerprint density at radius 2 is 1.46 bits per heavy atom. The molecule has 0 aliphatic carbocycles. The number of aliphatic hydroxyl groups excluding tert-OH is 1. The number of likely N-dealkylation sites (N-methyl/N-ethyl adjacent to an activating group) is 3. The van der Waals surface area contributed by atoms with E-state index in [9.17, 15) is 9.90 Å². The zero-order valence-electron chi connectivity index (χ0n) is 19.1. The van der Waals surface area contributed by atoms with Crippen LogP contribution in [0.2, 0.25) is 0 Å². The van der Waals surface area contributed by atoms with Gasteiger partial charge < -0.3 is 19.6 Å². The van der Waals surface area contributed by atoms with Crippen LogP contribution in [0, 0.1) is 0 Å². The van der Waals surface area contributed by atoms with Gasteiger partial charge in [-0.25, -0.2) is 0 Å². The first-order valence-corrected chi connectivity index (χ1v) is 9.72. The summed E-state index contributed by atoms with van der Waals surface area (Å²) in [5.41, 5.74) is 0. The van der Waals surface area contributed by atoms with E-state index < -0.39 is 0 Å². The highest BCUT2D eigenvalue weighted by molar-refractivity contribution is 5.83. The highest BCUT2D eigenvalue weighted by Crippen LogP contribution is 2.16. The number of carbonyl (C=O) groups excluding carboxylic acids is 1. The van der Waals surface area contributed by atoms with Crippen molar-refractivity contribution in [1.29, 1.82) is 0 Å². The summed E-state index contributed by atoms with van der Waals surface area (Å²) in [4.78, 5) is 17.0. The minimum Gasteiger partial charge on any atom is -0.392 e. The summed E-state index contributed by atoms with van der Waals surface area (Å²) in [6.07, 6.45) is 1.81. The Hall–Kier alpha value is -0.530. The third kappa shape index (κ3) is 12.8. The largest absolute Gasteiger partial charge is 0.392 e. The maximum Gasteiger partial charge on any atom is 0.149 e. The molecule has 0 amide bonds. The molecule has 6 heteroatoms. The zero-order valence-corrected chi connectivity index (χ0v) is 19.1. The van der Waals surface area contributed by atoms with Gasteiger partial charge in [0.2, 0.25) is 0 Å². The molecule has 6 nitrogen and oxygen atoms in total. The maximum atomic E-state index is 10.9. The number of ketones is 1. The third-order valence-corrected chi connectivity index (χ3v) is 5.09. The molecule has 0 aromatic carbocycles. The predicted molar refractivity (Wildman–Crippen MR) is 111 cm³/mol. The molecule has 1 saturated heterocycles. The molecule has 0 aromatic rings. The molecule has 0 saturated carbocycles. The monoisotopic (exact) mass is 375 g/mol. The Morgan fingerprint density at radius 3 is 1.58 bits per heavy atom. The molecule has 1 aliphatic rings. The number of carbonyl (C=O) groups is 1. The second-order valence-corrected chi connectivity index (χ2v) is 7.72. The van der Waals surface area contributed by atoms with Gasteiger partial charge in [-0.2, -0.15) is 0 Å². The fourth-order valence-electron chi connectivity index (χ4n) is 1.94. The van der Waals surface area contributed by atoms with Gasteiger partial charge in [-0.3, -0.25) is 9.69 Å². The summed E-state index contributed by atoms with van der Waals surface area (Å²) in [5, 5.41) is 9.26. The average Bonchev–Trinajstić information content (AvgIpc) is 3.43. The van der Waals surface area contributed by atoms with Crippen LogP contribution in [0.3, 0.4) is 0 Å². The van der Waals surface area contributed by atoms with Crippen LogP contribution in [-0.2, 0) is 9.53 Å². The second-order valence-electron chi connectivity index (χ2n) is 7.72. The van der Waals surface area contributed by atoms with Gasteiger partial charge in [0.1, 0.15) is 5.78 Å². The van der Waals surface area contributed by atoms with Gasteiger partial charge in [0.15, 0.2) is 0 Å². The first-order valence-electron chi connectivity index (χ1n) is 9.72. The summed E-state index contributed by atoms with van der Waals surface area (Å²) < 4.78 is 5.09. The SMILES string of the molecule is CC(C1CO1)N(C)C.CCC(=O)C(C)N(C)C.CCC(O)C(C)N(C)C. The number of Topliss-reactive ketones (excluding diaryl/α,β-unsaturated/α-hetero) is 1. The maximum absolute atomic E-state index is 10.9. The average molecular weight is 376 g/mol. The number of epoxide rings is 1. The number of rotatable bonds is 8. The minimum absolute atomic E-state index is 0.0787.